The van der Waals surface area contributed by atoms with Gasteiger partial charge in [-0.1, -0.05) is 11.3 Å². The van der Waals surface area contributed by atoms with E-state index in [2.05, 4.69) is 20.1 Å². The molecule has 12 heteroatoms. The van der Waals surface area contributed by atoms with Gasteiger partial charge in [0.15, 0.2) is 5.16 Å². The fourth-order valence-electron chi connectivity index (χ4n) is 2.71. The number of nitro groups is 1. The van der Waals surface area contributed by atoms with E-state index in [0.29, 0.717) is 34.9 Å². The number of hydrogen-bond donors (Lipinski definition) is 0. The molecule has 0 aliphatic carbocycles. The SMILES string of the molecule is CCn1c(Sc2nc3sccn3c2[N+](=O)[O-])nnc1N1CCOCC1. The van der Waals surface area contributed by atoms with Crippen LogP contribution in [0.2, 0.25) is 0 Å². The molecule has 0 saturated carbocycles. The number of fused-ring (bicyclic) bond motifs is 1. The van der Waals surface area contributed by atoms with Gasteiger partial charge in [0.05, 0.1) is 13.2 Å². The second-order valence-corrected chi connectivity index (χ2v) is 7.11. The van der Waals surface area contributed by atoms with Crippen molar-refractivity contribution in [2.24, 2.45) is 0 Å². The Balaban J connectivity index is 1.69. The molecule has 3 aromatic rings. The number of imidazole rings is 1. The van der Waals surface area contributed by atoms with Gasteiger partial charge in [-0.05, 0) is 23.6 Å². The first-order chi connectivity index (χ1) is 12.2. The summed E-state index contributed by atoms with van der Waals surface area (Å²) in [4.78, 5) is 18.1. The molecule has 4 rings (SSSR count). The number of ether oxygens (including phenoxy) is 1. The average molecular weight is 381 g/mol. The highest BCUT2D eigenvalue weighted by atomic mass is 32.2. The number of hydrogen-bond acceptors (Lipinski definition) is 9. The van der Waals surface area contributed by atoms with Crippen molar-refractivity contribution in [2.75, 3.05) is 31.2 Å². The molecule has 0 aromatic carbocycles. The molecular weight excluding hydrogens is 366 g/mol. The summed E-state index contributed by atoms with van der Waals surface area (Å²) in [6, 6.07) is 0. The Labute approximate surface area is 150 Å². The molecule has 1 aliphatic rings. The lowest BCUT2D eigenvalue weighted by Gasteiger charge is -2.27. The summed E-state index contributed by atoms with van der Waals surface area (Å²) in [5.41, 5.74) is 0. The van der Waals surface area contributed by atoms with Crippen LogP contribution in [0, 0.1) is 10.1 Å². The summed E-state index contributed by atoms with van der Waals surface area (Å²) in [6.07, 6.45) is 1.65. The number of morpholine rings is 1. The topological polar surface area (TPSA) is 104 Å². The van der Waals surface area contributed by atoms with Gasteiger partial charge in [-0.2, -0.15) is 9.38 Å². The van der Waals surface area contributed by atoms with Crippen LogP contribution in [0.3, 0.4) is 0 Å². The zero-order valence-corrected chi connectivity index (χ0v) is 15.0. The van der Waals surface area contributed by atoms with Crippen molar-refractivity contribution in [1.82, 2.24) is 24.1 Å². The van der Waals surface area contributed by atoms with Gasteiger partial charge in [0, 0.05) is 25.0 Å². The molecule has 4 heterocycles. The van der Waals surface area contributed by atoms with Crippen LogP contribution in [0.15, 0.2) is 21.8 Å². The van der Waals surface area contributed by atoms with Crippen LogP contribution in [-0.2, 0) is 11.3 Å². The number of nitrogens with zero attached hydrogens (tertiary/aromatic N) is 7. The second-order valence-electron chi connectivity index (χ2n) is 5.28. The van der Waals surface area contributed by atoms with E-state index in [0.717, 1.165) is 19.0 Å². The van der Waals surface area contributed by atoms with E-state index in [9.17, 15) is 10.1 Å². The predicted octanol–water partition coefficient (Wildman–Crippen LogP) is 1.90. The van der Waals surface area contributed by atoms with Crippen LogP contribution in [-0.4, -0.2) is 55.4 Å². The molecule has 0 radical (unpaired) electrons. The van der Waals surface area contributed by atoms with Crippen molar-refractivity contribution < 1.29 is 9.66 Å². The highest BCUT2D eigenvalue weighted by Gasteiger charge is 2.27. The molecule has 0 spiro atoms. The van der Waals surface area contributed by atoms with Crippen LogP contribution < -0.4 is 4.90 Å². The molecule has 0 atom stereocenters. The van der Waals surface area contributed by atoms with Gasteiger partial charge in [0.1, 0.15) is 6.20 Å². The van der Waals surface area contributed by atoms with Gasteiger partial charge >= 0.3 is 5.82 Å². The lowest BCUT2D eigenvalue weighted by molar-refractivity contribution is -0.393. The molecule has 132 valence electrons. The Morgan fingerprint density at radius 1 is 1.40 bits per heavy atom. The van der Waals surface area contributed by atoms with Crippen LogP contribution in [0.1, 0.15) is 6.92 Å². The summed E-state index contributed by atoms with van der Waals surface area (Å²) >= 11 is 2.53. The monoisotopic (exact) mass is 381 g/mol. The molecule has 3 aromatic heterocycles. The van der Waals surface area contributed by atoms with Gasteiger partial charge in [-0.3, -0.25) is 4.57 Å². The number of aromatic nitrogens is 5. The molecule has 0 amide bonds. The Kier molecular flexibility index (Phi) is 4.31. The van der Waals surface area contributed by atoms with Gasteiger partial charge in [-0.25, -0.2) is 0 Å². The van der Waals surface area contributed by atoms with Crippen LogP contribution in [0.25, 0.3) is 4.96 Å². The minimum Gasteiger partial charge on any atom is -0.378 e. The van der Waals surface area contributed by atoms with Gasteiger partial charge < -0.3 is 19.8 Å². The van der Waals surface area contributed by atoms with Crippen LogP contribution >= 0.6 is 23.1 Å². The fourth-order valence-corrected chi connectivity index (χ4v) is 4.44. The first-order valence-electron chi connectivity index (χ1n) is 7.72. The molecule has 1 saturated heterocycles. The number of thiazole rings is 1. The Morgan fingerprint density at radius 2 is 2.20 bits per heavy atom. The molecule has 1 aliphatic heterocycles. The maximum Gasteiger partial charge on any atom is 0.363 e. The zero-order chi connectivity index (χ0) is 17.4. The smallest absolute Gasteiger partial charge is 0.363 e. The van der Waals surface area contributed by atoms with Gasteiger partial charge in [0.2, 0.25) is 11.0 Å². The Hall–Kier alpha value is -2.18. The molecule has 10 nitrogen and oxygen atoms in total. The van der Waals surface area contributed by atoms with E-state index >= 15 is 0 Å². The summed E-state index contributed by atoms with van der Waals surface area (Å²) in [5.74, 6) is 0.719. The van der Waals surface area contributed by atoms with Gasteiger partial charge in [-0.15, -0.1) is 10.2 Å². The predicted molar refractivity (Wildman–Crippen MR) is 92.6 cm³/mol. The summed E-state index contributed by atoms with van der Waals surface area (Å²) in [6.45, 7) is 5.48. The van der Waals surface area contributed by atoms with Gasteiger partial charge in [0.25, 0.3) is 4.96 Å². The molecule has 0 unspecified atom stereocenters. The normalized spacial score (nSPS) is 15.2. The van der Waals surface area contributed by atoms with E-state index in [4.69, 9.17) is 4.74 Å². The second kappa shape index (κ2) is 6.61. The van der Waals surface area contributed by atoms with E-state index in [1.54, 1.807) is 11.6 Å². The summed E-state index contributed by atoms with van der Waals surface area (Å²) < 4.78 is 8.81. The van der Waals surface area contributed by atoms with E-state index in [1.807, 2.05) is 11.5 Å². The van der Waals surface area contributed by atoms with Crippen molar-refractivity contribution in [2.45, 2.75) is 23.7 Å². The summed E-state index contributed by atoms with van der Waals surface area (Å²) in [7, 11) is 0. The largest absolute Gasteiger partial charge is 0.378 e. The molecule has 0 bridgehead atoms. The molecule has 1 fully saturated rings. The first kappa shape index (κ1) is 16.3. The van der Waals surface area contributed by atoms with Crippen LogP contribution in [0.4, 0.5) is 11.8 Å². The molecule has 25 heavy (non-hydrogen) atoms. The highest BCUT2D eigenvalue weighted by molar-refractivity contribution is 7.99. The fraction of sp³-hybridized carbons (Fsp3) is 0.462. The Morgan fingerprint density at radius 3 is 2.92 bits per heavy atom. The Bertz CT molecular complexity index is 912. The van der Waals surface area contributed by atoms with Crippen LogP contribution in [0.5, 0.6) is 0 Å². The van der Waals surface area contributed by atoms with Crippen molar-refractivity contribution in [3.05, 3.63) is 21.7 Å². The standard InChI is InChI=1S/C13H15N7O3S2/c1-2-18-11(17-3-6-23-7-4-17)15-16-13(18)25-9-10(20(21)22)19-5-8-24-12(19)14-9/h5,8H,2-4,6-7H2,1H3. The van der Waals surface area contributed by atoms with Crippen molar-refractivity contribution in [3.8, 4) is 0 Å². The third-order valence-corrected chi connectivity index (χ3v) is 5.58. The third kappa shape index (κ3) is 2.85. The minimum atomic E-state index is -0.412. The van der Waals surface area contributed by atoms with E-state index in [-0.39, 0.29) is 5.82 Å². The van der Waals surface area contributed by atoms with Crippen molar-refractivity contribution >= 4 is 39.8 Å². The highest BCUT2D eigenvalue weighted by Crippen LogP contribution is 2.36. The summed E-state index contributed by atoms with van der Waals surface area (Å²) in [5, 5.41) is 22.7. The first-order valence-corrected chi connectivity index (χ1v) is 9.42. The van der Waals surface area contributed by atoms with E-state index < -0.39 is 4.92 Å². The lowest BCUT2D eigenvalue weighted by atomic mass is 10.4. The van der Waals surface area contributed by atoms with E-state index in [1.165, 1.54) is 27.5 Å². The quantitative estimate of drug-likeness (QED) is 0.488. The maximum absolute atomic E-state index is 11.5. The average Bonchev–Trinajstić information content (AvgIpc) is 3.29. The molecular formula is C13H15N7O3S2. The maximum atomic E-state index is 11.5. The zero-order valence-electron chi connectivity index (χ0n) is 13.4. The minimum absolute atomic E-state index is 0.0418. The third-order valence-electron chi connectivity index (χ3n) is 3.87. The number of anilines is 1. The lowest BCUT2D eigenvalue weighted by Crippen LogP contribution is -2.38. The molecule has 0 N–H and O–H groups in total. The van der Waals surface area contributed by atoms with Crippen molar-refractivity contribution in [1.29, 1.82) is 0 Å². The number of rotatable bonds is 5. The van der Waals surface area contributed by atoms with Crippen molar-refractivity contribution in [3.63, 3.8) is 0 Å².